The predicted molar refractivity (Wildman–Crippen MR) is 59.0 cm³/mol. The van der Waals surface area contributed by atoms with Gasteiger partial charge in [-0.1, -0.05) is 0 Å². The van der Waals surface area contributed by atoms with E-state index in [4.69, 9.17) is 0 Å². The number of rotatable bonds is 3. The van der Waals surface area contributed by atoms with E-state index in [1.54, 1.807) is 12.4 Å². The van der Waals surface area contributed by atoms with E-state index in [2.05, 4.69) is 15.2 Å². The van der Waals surface area contributed by atoms with Crippen LogP contribution in [-0.4, -0.2) is 48.4 Å². The van der Waals surface area contributed by atoms with Gasteiger partial charge in [0.2, 0.25) is 0 Å². The monoisotopic (exact) mass is 207 g/mol. The number of aromatic amines is 1. The van der Waals surface area contributed by atoms with E-state index in [-0.39, 0.29) is 5.78 Å². The molecule has 0 aliphatic carbocycles. The topological polar surface area (TPSA) is 48.1 Å². The van der Waals surface area contributed by atoms with Gasteiger partial charge in [-0.2, -0.15) is 0 Å². The van der Waals surface area contributed by atoms with Gasteiger partial charge in [-0.25, -0.2) is 0 Å². The van der Waals surface area contributed by atoms with Crippen LogP contribution in [0.25, 0.3) is 0 Å². The maximum absolute atomic E-state index is 11.8. The van der Waals surface area contributed by atoms with Gasteiger partial charge in [-0.3, -0.25) is 9.69 Å². The Morgan fingerprint density at radius 1 is 1.40 bits per heavy atom. The Balaban J connectivity index is 1.87. The number of aromatic nitrogens is 1. The van der Waals surface area contributed by atoms with E-state index in [1.165, 1.54) is 0 Å². The summed E-state index contributed by atoms with van der Waals surface area (Å²) in [7, 11) is 0. The van der Waals surface area contributed by atoms with E-state index in [0.717, 1.165) is 38.2 Å². The average molecular weight is 207 g/mol. The Bertz CT molecular complexity index is 300. The number of carbonyl (C=O) groups is 1. The summed E-state index contributed by atoms with van der Waals surface area (Å²) >= 11 is 0. The van der Waals surface area contributed by atoms with Gasteiger partial charge in [0.25, 0.3) is 0 Å². The van der Waals surface area contributed by atoms with Gasteiger partial charge in [-0.05, 0) is 25.6 Å². The summed E-state index contributed by atoms with van der Waals surface area (Å²) in [6.07, 6.45) is 4.68. The highest BCUT2D eigenvalue weighted by Crippen LogP contribution is 2.02. The number of carbonyl (C=O) groups excluding carboxylic acids is 1. The number of H-pyrrole nitrogens is 1. The summed E-state index contributed by atoms with van der Waals surface area (Å²) in [6, 6.07) is 1.83. The number of hydrogen-bond donors (Lipinski definition) is 2. The minimum atomic E-state index is 0.207. The van der Waals surface area contributed by atoms with Crippen molar-refractivity contribution >= 4 is 5.78 Å². The molecule has 1 saturated heterocycles. The second-order valence-corrected chi connectivity index (χ2v) is 3.90. The summed E-state index contributed by atoms with van der Waals surface area (Å²) in [6.45, 7) is 4.58. The quantitative estimate of drug-likeness (QED) is 0.709. The van der Waals surface area contributed by atoms with Gasteiger partial charge in [0, 0.05) is 31.0 Å². The maximum Gasteiger partial charge on any atom is 0.178 e. The summed E-state index contributed by atoms with van der Waals surface area (Å²) in [5.74, 6) is 0.207. The van der Waals surface area contributed by atoms with Gasteiger partial charge < -0.3 is 10.3 Å². The van der Waals surface area contributed by atoms with Crippen molar-refractivity contribution < 1.29 is 4.79 Å². The van der Waals surface area contributed by atoms with Crippen LogP contribution in [0, 0.1) is 0 Å². The lowest BCUT2D eigenvalue weighted by Gasteiger charge is -2.17. The molecular weight excluding hydrogens is 190 g/mol. The first kappa shape index (κ1) is 10.4. The van der Waals surface area contributed by atoms with Gasteiger partial charge >= 0.3 is 0 Å². The highest BCUT2D eigenvalue weighted by molar-refractivity contribution is 5.97. The van der Waals surface area contributed by atoms with E-state index in [1.807, 2.05) is 6.07 Å². The molecule has 0 atom stereocenters. The molecule has 2 heterocycles. The maximum atomic E-state index is 11.8. The Kier molecular flexibility index (Phi) is 3.53. The molecular formula is C11H17N3O. The molecule has 4 nitrogen and oxygen atoms in total. The Morgan fingerprint density at radius 2 is 2.33 bits per heavy atom. The highest BCUT2D eigenvalue weighted by atomic mass is 16.1. The zero-order chi connectivity index (χ0) is 10.5. The number of nitrogens with zero attached hydrogens (tertiary/aromatic N) is 1. The SMILES string of the molecule is O=C(CN1CCCNCC1)c1cc[nH]c1. The van der Waals surface area contributed by atoms with Crippen LogP contribution in [0.1, 0.15) is 16.8 Å². The molecule has 1 aliphatic heterocycles. The molecule has 82 valence electrons. The van der Waals surface area contributed by atoms with Gasteiger partial charge in [0.1, 0.15) is 0 Å². The summed E-state index contributed by atoms with van der Waals surface area (Å²) in [5, 5.41) is 3.33. The third kappa shape index (κ3) is 2.91. The van der Waals surface area contributed by atoms with Crippen molar-refractivity contribution in [2.45, 2.75) is 6.42 Å². The molecule has 1 aliphatic rings. The van der Waals surface area contributed by atoms with Crippen molar-refractivity contribution in [3.05, 3.63) is 24.0 Å². The Labute approximate surface area is 89.7 Å². The lowest BCUT2D eigenvalue weighted by atomic mass is 10.2. The fraction of sp³-hybridized carbons (Fsp3) is 0.545. The van der Waals surface area contributed by atoms with Gasteiger partial charge in [-0.15, -0.1) is 0 Å². The molecule has 0 aromatic carbocycles. The van der Waals surface area contributed by atoms with Crippen molar-refractivity contribution in [2.75, 3.05) is 32.7 Å². The molecule has 1 fully saturated rings. The lowest BCUT2D eigenvalue weighted by Crippen LogP contribution is -2.33. The fourth-order valence-electron chi connectivity index (χ4n) is 1.85. The first-order valence-electron chi connectivity index (χ1n) is 5.45. The second-order valence-electron chi connectivity index (χ2n) is 3.90. The molecule has 0 unspecified atom stereocenters. The van der Waals surface area contributed by atoms with Crippen LogP contribution in [0.5, 0.6) is 0 Å². The van der Waals surface area contributed by atoms with Crippen LogP contribution in [-0.2, 0) is 0 Å². The zero-order valence-electron chi connectivity index (χ0n) is 8.83. The zero-order valence-corrected chi connectivity index (χ0v) is 8.83. The molecule has 15 heavy (non-hydrogen) atoms. The first-order chi connectivity index (χ1) is 7.36. The van der Waals surface area contributed by atoms with Crippen LogP contribution in [0.15, 0.2) is 18.5 Å². The van der Waals surface area contributed by atoms with Crippen molar-refractivity contribution in [1.29, 1.82) is 0 Å². The molecule has 0 radical (unpaired) electrons. The second kappa shape index (κ2) is 5.09. The molecule has 4 heteroatoms. The molecule has 2 rings (SSSR count). The van der Waals surface area contributed by atoms with Crippen LogP contribution < -0.4 is 5.32 Å². The molecule has 2 N–H and O–H groups in total. The fourth-order valence-corrected chi connectivity index (χ4v) is 1.85. The highest BCUT2D eigenvalue weighted by Gasteiger charge is 2.13. The van der Waals surface area contributed by atoms with Crippen molar-refractivity contribution in [3.63, 3.8) is 0 Å². The molecule has 0 bridgehead atoms. The van der Waals surface area contributed by atoms with Crippen LogP contribution in [0.3, 0.4) is 0 Å². The van der Waals surface area contributed by atoms with Crippen LogP contribution in [0.2, 0.25) is 0 Å². The predicted octanol–water partition coefficient (Wildman–Crippen LogP) is 0.493. The number of hydrogen-bond acceptors (Lipinski definition) is 3. The average Bonchev–Trinajstić information content (AvgIpc) is 2.65. The van der Waals surface area contributed by atoms with Crippen molar-refractivity contribution in [2.24, 2.45) is 0 Å². The first-order valence-corrected chi connectivity index (χ1v) is 5.45. The van der Waals surface area contributed by atoms with Crippen molar-refractivity contribution in [3.8, 4) is 0 Å². The smallest absolute Gasteiger partial charge is 0.178 e. The molecule has 1 aromatic rings. The third-order valence-electron chi connectivity index (χ3n) is 2.72. The van der Waals surface area contributed by atoms with Gasteiger partial charge in [0.15, 0.2) is 5.78 Å². The molecule has 0 saturated carbocycles. The largest absolute Gasteiger partial charge is 0.367 e. The number of nitrogens with one attached hydrogen (secondary N) is 2. The van der Waals surface area contributed by atoms with E-state index >= 15 is 0 Å². The van der Waals surface area contributed by atoms with Gasteiger partial charge in [0.05, 0.1) is 6.54 Å². The molecule has 0 spiro atoms. The molecule has 0 amide bonds. The summed E-state index contributed by atoms with van der Waals surface area (Å²) in [5.41, 5.74) is 0.784. The third-order valence-corrected chi connectivity index (χ3v) is 2.72. The van der Waals surface area contributed by atoms with E-state index < -0.39 is 0 Å². The molecule has 1 aromatic heterocycles. The van der Waals surface area contributed by atoms with E-state index in [9.17, 15) is 4.79 Å². The Morgan fingerprint density at radius 3 is 3.13 bits per heavy atom. The van der Waals surface area contributed by atoms with E-state index in [0.29, 0.717) is 6.54 Å². The summed E-state index contributed by atoms with van der Waals surface area (Å²) < 4.78 is 0. The minimum Gasteiger partial charge on any atom is -0.367 e. The van der Waals surface area contributed by atoms with Crippen LogP contribution >= 0.6 is 0 Å². The normalized spacial score (nSPS) is 18.7. The lowest BCUT2D eigenvalue weighted by molar-refractivity contribution is 0.0935. The number of Topliss-reactive ketones (excluding diaryl/α,β-unsaturated/α-hetero) is 1. The minimum absolute atomic E-state index is 0.207. The van der Waals surface area contributed by atoms with Crippen LogP contribution in [0.4, 0.5) is 0 Å². The Hall–Kier alpha value is -1.13. The standard InChI is InChI=1S/C11H17N3O/c15-11(10-2-4-13-8-10)9-14-6-1-3-12-5-7-14/h2,4,8,12-13H,1,3,5-7,9H2. The van der Waals surface area contributed by atoms with Crippen molar-refractivity contribution in [1.82, 2.24) is 15.2 Å². The summed E-state index contributed by atoms with van der Waals surface area (Å²) in [4.78, 5) is 16.9. The number of ketones is 1.